The molecule has 2 N–H and O–H groups in total. The monoisotopic (exact) mass is 256 g/mol. The molecule has 0 radical (unpaired) electrons. The van der Waals surface area contributed by atoms with Crippen LogP contribution < -0.4 is 5.73 Å². The van der Waals surface area contributed by atoms with Crippen molar-refractivity contribution in [1.82, 2.24) is 4.90 Å². The summed E-state index contributed by atoms with van der Waals surface area (Å²) in [5.74, 6) is -2.52. The van der Waals surface area contributed by atoms with Crippen LogP contribution in [0.15, 0.2) is 12.1 Å². The summed E-state index contributed by atoms with van der Waals surface area (Å²) in [5, 5.41) is 0. The van der Waals surface area contributed by atoms with Crippen molar-refractivity contribution in [3.8, 4) is 0 Å². The zero-order chi connectivity index (χ0) is 13.9. The maximum absolute atomic E-state index is 13.8. The number of carbonyl (C=O) groups is 1. The molecule has 5 heteroatoms. The summed E-state index contributed by atoms with van der Waals surface area (Å²) >= 11 is 0. The van der Waals surface area contributed by atoms with Crippen LogP contribution in [0.1, 0.15) is 37.6 Å². The molecule has 0 aliphatic heterocycles. The molecule has 0 bridgehead atoms. The minimum Gasteiger partial charge on any atom is -0.396 e. The Morgan fingerprint density at radius 2 is 2.00 bits per heavy atom. The van der Waals surface area contributed by atoms with Crippen LogP contribution in [0.4, 0.5) is 14.5 Å². The summed E-state index contributed by atoms with van der Waals surface area (Å²) in [4.78, 5) is 13.6. The highest BCUT2D eigenvalue weighted by Crippen LogP contribution is 2.21. The average molecular weight is 256 g/mol. The van der Waals surface area contributed by atoms with E-state index in [0.29, 0.717) is 13.0 Å². The number of amides is 1. The van der Waals surface area contributed by atoms with Gasteiger partial charge in [-0.1, -0.05) is 6.92 Å². The summed E-state index contributed by atoms with van der Waals surface area (Å²) < 4.78 is 27.4. The molecule has 0 aliphatic carbocycles. The van der Waals surface area contributed by atoms with Gasteiger partial charge in [0, 0.05) is 12.6 Å². The van der Waals surface area contributed by atoms with Gasteiger partial charge in [-0.3, -0.25) is 4.79 Å². The maximum atomic E-state index is 13.8. The van der Waals surface area contributed by atoms with E-state index < -0.39 is 23.1 Å². The van der Waals surface area contributed by atoms with Crippen molar-refractivity contribution in [2.75, 3.05) is 12.3 Å². The van der Waals surface area contributed by atoms with Gasteiger partial charge >= 0.3 is 0 Å². The largest absolute Gasteiger partial charge is 0.396 e. The highest BCUT2D eigenvalue weighted by Gasteiger charge is 2.26. The molecule has 1 aromatic carbocycles. The third-order valence-electron chi connectivity index (χ3n) is 3.06. The first-order valence-electron chi connectivity index (χ1n) is 5.98. The number of nitrogens with zero attached hydrogens (tertiary/aromatic N) is 1. The molecule has 0 aromatic heterocycles. The van der Waals surface area contributed by atoms with Gasteiger partial charge in [0.2, 0.25) is 0 Å². The fourth-order valence-corrected chi connectivity index (χ4v) is 1.78. The zero-order valence-electron chi connectivity index (χ0n) is 10.8. The lowest BCUT2D eigenvalue weighted by molar-refractivity contribution is 0.0690. The van der Waals surface area contributed by atoms with Gasteiger partial charge < -0.3 is 10.6 Å². The second-order valence-corrected chi connectivity index (χ2v) is 4.17. The lowest BCUT2D eigenvalue weighted by Crippen LogP contribution is -2.39. The number of rotatable bonds is 4. The molecule has 3 nitrogen and oxygen atoms in total. The van der Waals surface area contributed by atoms with Gasteiger partial charge in [0.15, 0.2) is 5.82 Å². The van der Waals surface area contributed by atoms with Gasteiger partial charge in [0.25, 0.3) is 5.91 Å². The van der Waals surface area contributed by atoms with Crippen LogP contribution in [0.3, 0.4) is 0 Å². The van der Waals surface area contributed by atoms with Gasteiger partial charge in [-0.05, 0) is 32.4 Å². The number of halogens is 2. The van der Waals surface area contributed by atoms with E-state index in [-0.39, 0.29) is 11.7 Å². The van der Waals surface area contributed by atoms with Gasteiger partial charge in [0.1, 0.15) is 11.4 Å². The fourth-order valence-electron chi connectivity index (χ4n) is 1.78. The first kappa shape index (κ1) is 14.4. The quantitative estimate of drug-likeness (QED) is 0.842. The molecule has 0 saturated heterocycles. The van der Waals surface area contributed by atoms with Crippen LogP contribution in [0, 0.1) is 11.6 Å². The standard InChI is InChI=1S/C13H18F2N2O/c1-4-8(3)17(5-2)13(18)11-9(14)6-7-10(16)12(11)15/h6-8H,4-5,16H2,1-3H3. The van der Waals surface area contributed by atoms with Crippen molar-refractivity contribution in [1.29, 1.82) is 0 Å². The SMILES string of the molecule is CCC(C)N(CC)C(=O)c1c(F)ccc(N)c1F. The summed E-state index contributed by atoms with van der Waals surface area (Å²) in [6.07, 6.45) is 0.713. The first-order valence-corrected chi connectivity index (χ1v) is 5.98. The number of hydrogen-bond acceptors (Lipinski definition) is 2. The van der Waals surface area contributed by atoms with Crippen LogP contribution >= 0.6 is 0 Å². The van der Waals surface area contributed by atoms with E-state index in [2.05, 4.69) is 0 Å². The fraction of sp³-hybridized carbons (Fsp3) is 0.462. The Kier molecular flexibility index (Phi) is 4.64. The molecule has 1 amide bonds. The molecule has 0 aliphatic rings. The van der Waals surface area contributed by atoms with Crippen LogP contribution in [0.2, 0.25) is 0 Å². The van der Waals surface area contributed by atoms with Crippen LogP contribution in [0.25, 0.3) is 0 Å². The Morgan fingerprint density at radius 1 is 1.39 bits per heavy atom. The smallest absolute Gasteiger partial charge is 0.260 e. The molecule has 0 heterocycles. The minimum atomic E-state index is -0.984. The highest BCUT2D eigenvalue weighted by molar-refractivity contribution is 5.95. The molecular formula is C13H18F2N2O. The molecule has 1 atom stereocenters. The van der Waals surface area contributed by atoms with Crippen molar-refractivity contribution >= 4 is 11.6 Å². The summed E-state index contributed by atoms with van der Waals surface area (Å²) in [5.41, 5.74) is 4.57. The van der Waals surface area contributed by atoms with Crippen molar-refractivity contribution in [2.45, 2.75) is 33.2 Å². The third-order valence-corrected chi connectivity index (χ3v) is 3.06. The second-order valence-electron chi connectivity index (χ2n) is 4.17. The molecule has 18 heavy (non-hydrogen) atoms. The van der Waals surface area contributed by atoms with E-state index in [9.17, 15) is 13.6 Å². The van der Waals surface area contributed by atoms with Gasteiger partial charge in [0.05, 0.1) is 5.69 Å². The average Bonchev–Trinajstić information content (AvgIpc) is 2.35. The molecule has 1 aromatic rings. The number of hydrogen-bond donors (Lipinski definition) is 1. The predicted octanol–water partition coefficient (Wildman–Crippen LogP) is 2.81. The molecule has 0 fully saturated rings. The second kappa shape index (κ2) is 5.80. The Morgan fingerprint density at radius 3 is 2.50 bits per heavy atom. The number of anilines is 1. The van der Waals surface area contributed by atoms with Crippen molar-refractivity contribution < 1.29 is 13.6 Å². The molecule has 1 unspecified atom stereocenters. The summed E-state index contributed by atoms with van der Waals surface area (Å²) in [6.45, 7) is 5.91. The Hall–Kier alpha value is -1.65. The van der Waals surface area contributed by atoms with E-state index in [1.165, 1.54) is 4.90 Å². The normalized spacial score (nSPS) is 12.3. The lowest BCUT2D eigenvalue weighted by atomic mass is 10.1. The highest BCUT2D eigenvalue weighted by atomic mass is 19.1. The summed E-state index contributed by atoms with van der Waals surface area (Å²) in [7, 11) is 0. The first-order chi connectivity index (χ1) is 8.43. The van der Waals surface area contributed by atoms with E-state index in [4.69, 9.17) is 5.73 Å². The van der Waals surface area contributed by atoms with E-state index >= 15 is 0 Å². The number of carbonyl (C=O) groups excluding carboxylic acids is 1. The number of nitrogen functional groups attached to an aromatic ring is 1. The van der Waals surface area contributed by atoms with Gasteiger partial charge in [-0.25, -0.2) is 8.78 Å². The number of nitrogens with two attached hydrogens (primary N) is 1. The van der Waals surface area contributed by atoms with Crippen LogP contribution in [-0.2, 0) is 0 Å². The van der Waals surface area contributed by atoms with Crippen molar-refractivity contribution in [3.05, 3.63) is 29.3 Å². The van der Waals surface area contributed by atoms with Crippen LogP contribution in [-0.4, -0.2) is 23.4 Å². The van der Waals surface area contributed by atoms with E-state index in [1.54, 1.807) is 6.92 Å². The molecular weight excluding hydrogens is 238 g/mol. The maximum Gasteiger partial charge on any atom is 0.260 e. The minimum absolute atomic E-state index is 0.0808. The topological polar surface area (TPSA) is 46.3 Å². The van der Waals surface area contributed by atoms with Gasteiger partial charge in [-0.15, -0.1) is 0 Å². The molecule has 0 spiro atoms. The third kappa shape index (κ3) is 2.60. The Balaban J connectivity index is 3.21. The van der Waals surface area contributed by atoms with Crippen molar-refractivity contribution in [3.63, 3.8) is 0 Å². The van der Waals surface area contributed by atoms with E-state index in [0.717, 1.165) is 12.1 Å². The molecule has 0 saturated carbocycles. The Labute approximate surface area is 106 Å². The van der Waals surface area contributed by atoms with Gasteiger partial charge in [-0.2, -0.15) is 0 Å². The Bertz CT molecular complexity index is 449. The van der Waals surface area contributed by atoms with Crippen LogP contribution in [0.5, 0.6) is 0 Å². The van der Waals surface area contributed by atoms with E-state index in [1.807, 2.05) is 13.8 Å². The summed E-state index contributed by atoms with van der Waals surface area (Å²) in [6, 6.07) is 2.04. The number of benzene rings is 1. The van der Waals surface area contributed by atoms with Crippen molar-refractivity contribution in [2.24, 2.45) is 0 Å². The predicted molar refractivity (Wildman–Crippen MR) is 67.2 cm³/mol. The lowest BCUT2D eigenvalue weighted by Gasteiger charge is -2.27. The zero-order valence-corrected chi connectivity index (χ0v) is 10.8. The molecule has 1 rings (SSSR count). The molecule has 100 valence electrons.